The molecule has 1 heterocycles. The smallest absolute Gasteiger partial charge is 0.340 e. The highest BCUT2D eigenvalue weighted by atomic mass is 32.2. The molecule has 0 bridgehead atoms. The van der Waals surface area contributed by atoms with Crippen LogP contribution in [0.1, 0.15) is 21.7 Å². The standard InChI is InChI=1S/C18H16N2O2S/c1-22-18(21)14-4-3-5-15-17(14)20-16(19-15)11-8-12-6-9-13(23-2)10-7-12/h3-11H,1-2H3,(H,19,20). The molecule has 3 aromatic rings. The molecule has 2 aromatic carbocycles. The zero-order valence-electron chi connectivity index (χ0n) is 12.9. The summed E-state index contributed by atoms with van der Waals surface area (Å²) in [5.74, 6) is 0.315. The number of ether oxygens (including phenoxy) is 1. The van der Waals surface area contributed by atoms with E-state index in [1.54, 1.807) is 23.9 Å². The highest BCUT2D eigenvalue weighted by Gasteiger charge is 2.12. The minimum absolute atomic E-state index is 0.384. The lowest BCUT2D eigenvalue weighted by molar-refractivity contribution is 0.0603. The summed E-state index contributed by atoms with van der Waals surface area (Å²) in [5.41, 5.74) is 2.99. The molecule has 0 amide bonds. The largest absolute Gasteiger partial charge is 0.465 e. The summed E-state index contributed by atoms with van der Waals surface area (Å²) >= 11 is 1.71. The van der Waals surface area contributed by atoms with Crippen LogP contribution in [0.4, 0.5) is 0 Å². The first-order chi connectivity index (χ1) is 11.2. The third-order valence-corrected chi connectivity index (χ3v) is 4.23. The van der Waals surface area contributed by atoms with Crippen molar-refractivity contribution in [2.45, 2.75) is 4.90 Å². The van der Waals surface area contributed by atoms with Crippen LogP contribution in [0.25, 0.3) is 23.2 Å². The van der Waals surface area contributed by atoms with Crippen LogP contribution in [0.3, 0.4) is 0 Å². The Morgan fingerprint density at radius 1 is 1.17 bits per heavy atom. The lowest BCUT2D eigenvalue weighted by Crippen LogP contribution is -2.01. The summed E-state index contributed by atoms with van der Waals surface area (Å²) in [6, 6.07) is 13.7. The number of nitrogens with one attached hydrogen (secondary N) is 1. The van der Waals surface area contributed by atoms with Gasteiger partial charge in [-0.25, -0.2) is 9.78 Å². The van der Waals surface area contributed by atoms with E-state index in [0.29, 0.717) is 16.9 Å². The molecule has 0 atom stereocenters. The molecule has 0 aliphatic heterocycles. The lowest BCUT2D eigenvalue weighted by Gasteiger charge is -1.98. The van der Waals surface area contributed by atoms with Gasteiger partial charge in [0.15, 0.2) is 0 Å². The molecule has 0 unspecified atom stereocenters. The predicted molar refractivity (Wildman–Crippen MR) is 94.6 cm³/mol. The predicted octanol–water partition coefficient (Wildman–Crippen LogP) is 4.24. The first kappa shape index (κ1) is 15.4. The van der Waals surface area contributed by atoms with Gasteiger partial charge in [-0.15, -0.1) is 11.8 Å². The van der Waals surface area contributed by atoms with Crippen LogP contribution in [-0.2, 0) is 4.74 Å². The SMILES string of the molecule is COC(=O)c1cccc2[nH]c(C=Cc3ccc(SC)cc3)nc12. The Morgan fingerprint density at radius 2 is 1.96 bits per heavy atom. The van der Waals surface area contributed by atoms with Gasteiger partial charge in [0.2, 0.25) is 0 Å². The summed E-state index contributed by atoms with van der Waals surface area (Å²) < 4.78 is 4.79. The quantitative estimate of drug-likeness (QED) is 0.576. The number of H-pyrrole nitrogens is 1. The number of imidazole rings is 1. The molecule has 5 heteroatoms. The fraction of sp³-hybridized carbons (Fsp3) is 0.111. The second-order valence-electron chi connectivity index (χ2n) is 4.92. The van der Waals surface area contributed by atoms with Gasteiger partial charge in [0.05, 0.1) is 18.2 Å². The van der Waals surface area contributed by atoms with E-state index in [1.807, 2.05) is 18.2 Å². The van der Waals surface area contributed by atoms with Crippen LogP contribution in [0.15, 0.2) is 47.4 Å². The molecule has 0 saturated carbocycles. The molecule has 116 valence electrons. The monoisotopic (exact) mass is 324 g/mol. The van der Waals surface area contributed by atoms with Gasteiger partial charge in [0, 0.05) is 4.90 Å². The Labute approximate surface area is 138 Å². The van der Waals surface area contributed by atoms with Crippen LogP contribution in [-0.4, -0.2) is 29.3 Å². The highest BCUT2D eigenvalue weighted by Crippen LogP contribution is 2.19. The van der Waals surface area contributed by atoms with Gasteiger partial charge in [0.25, 0.3) is 0 Å². The molecule has 1 aromatic heterocycles. The average Bonchev–Trinajstić information content (AvgIpc) is 3.02. The molecular formula is C18H16N2O2S. The molecule has 3 rings (SSSR count). The van der Waals surface area contributed by atoms with Gasteiger partial charge < -0.3 is 9.72 Å². The van der Waals surface area contributed by atoms with E-state index in [-0.39, 0.29) is 5.97 Å². The average molecular weight is 324 g/mol. The van der Waals surface area contributed by atoms with Crippen molar-refractivity contribution in [2.75, 3.05) is 13.4 Å². The topological polar surface area (TPSA) is 55.0 Å². The lowest BCUT2D eigenvalue weighted by atomic mass is 10.2. The molecule has 0 spiro atoms. The number of benzene rings is 2. The zero-order chi connectivity index (χ0) is 16.2. The van der Waals surface area contributed by atoms with Gasteiger partial charge in [-0.3, -0.25) is 0 Å². The first-order valence-electron chi connectivity index (χ1n) is 7.10. The maximum atomic E-state index is 11.8. The van der Waals surface area contributed by atoms with E-state index in [4.69, 9.17) is 4.74 Å². The Hall–Kier alpha value is -2.53. The summed E-state index contributed by atoms with van der Waals surface area (Å²) in [4.78, 5) is 20.7. The zero-order valence-corrected chi connectivity index (χ0v) is 13.7. The number of hydrogen-bond donors (Lipinski definition) is 1. The summed E-state index contributed by atoms with van der Waals surface area (Å²) in [5, 5.41) is 0. The fourth-order valence-corrected chi connectivity index (χ4v) is 2.70. The van der Waals surface area contributed by atoms with E-state index in [1.165, 1.54) is 12.0 Å². The Kier molecular flexibility index (Phi) is 4.48. The molecule has 0 aliphatic rings. The molecular weight excluding hydrogens is 308 g/mol. The summed E-state index contributed by atoms with van der Waals surface area (Å²) in [7, 11) is 1.37. The number of rotatable bonds is 4. The minimum Gasteiger partial charge on any atom is -0.465 e. The molecule has 0 saturated heterocycles. The Morgan fingerprint density at radius 3 is 2.65 bits per heavy atom. The van der Waals surface area contributed by atoms with E-state index in [2.05, 4.69) is 40.5 Å². The van der Waals surface area contributed by atoms with Crippen molar-refractivity contribution in [2.24, 2.45) is 0 Å². The Balaban J connectivity index is 1.91. The van der Waals surface area contributed by atoms with Crippen molar-refractivity contribution in [1.29, 1.82) is 0 Å². The number of aromatic nitrogens is 2. The fourth-order valence-electron chi connectivity index (χ4n) is 2.30. The van der Waals surface area contributed by atoms with Crippen molar-refractivity contribution in [3.05, 3.63) is 59.4 Å². The number of thioether (sulfide) groups is 1. The van der Waals surface area contributed by atoms with Gasteiger partial charge in [-0.2, -0.15) is 0 Å². The van der Waals surface area contributed by atoms with Gasteiger partial charge >= 0.3 is 5.97 Å². The Bertz CT molecular complexity index is 866. The van der Waals surface area contributed by atoms with Crippen LogP contribution in [0.2, 0.25) is 0 Å². The van der Waals surface area contributed by atoms with E-state index >= 15 is 0 Å². The van der Waals surface area contributed by atoms with E-state index in [0.717, 1.165) is 11.1 Å². The van der Waals surface area contributed by atoms with Crippen molar-refractivity contribution in [3.63, 3.8) is 0 Å². The van der Waals surface area contributed by atoms with Crippen molar-refractivity contribution in [3.8, 4) is 0 Å². The maximum Gasteiger partial charge on any atom is 0.340 e. The molecule has 4 nitrogen and oxygen atoms in total. The number of methoxy groups -OCH3 is 1. The van der Waals surface area contributed by atoms with E-state index in [9.17, 15) is 4.79 Å². The van der Waals surface area contributed by atoms with Crippen molar-refractivity contribution in [1.82, 2.24) is 9.97 Å². The van der Waals surface area contributed by atoms with Crippen LogP contribution in [0, 0.1) is 0 Å². The third kappa shape index (κ3) is 3.29. The molecule has 0 fully saturated rings. The molecule has 23 heavy (non-hydrogen) atoms. The molecule has 0 radical (unpaired) electrons. The number of carbonyl (C=O) groups excluding carboxylic acids is 1. The summed E-state index contributed by atoms with van der Waals surface area (Å²) in [6.45, 7) is 0. The van der Waals surface area contributed by atoms with Gasteiger partial charge in [0.1, 0.15) is 11.3 Å². The van der Waals surface area contributed by atoms with Crippen LogP contribution < -0.4 is 0 Å². The highest BCUT2D eigenvalue weighted by molar-refractivity contribution is 7.98. The summed E-state index contributed by atoms with van der Waals surface area (Å²) in [6.07, 6.45) is 5.94. The number of carbonyl (C=O) groups is 1. The van der Waals surface area contributed by atoms with Crippen molar-refractivity contribution >= 4 is 40.9 Å². The first-order valence-corrected chi connectivity index (χ1v) is 8.33. The molecule has 1 N–H and O–H groups in total. The molecule has 0 aliphatic carbocycles. The second-order valence-corrected chi connectivity index (χ2v) is 5.80. The second kappa shape index (κ2) is 6.71. The maximum absolute atomic E-state index is 11.8. The van der Waals surface area contributed by atoms with Crippen LogP contribution >= 0.6 is 11.8 Å². The van der Waals surface area contributed by atoms with Gasteiger partial charge in [-0.05, 0) is 42.2 Å². The number of fused-ring (bicyclic) bond motifs is 1. The van der Waals surface area contributed by atoms with E-state index < -0.39 is 0 Å². The van der Waals surface area contributed by atoms with Gasteiger partial charge in [-0.1, -0.05) is 24.3 Å². The number of hydrogen-bond acceptors (Lipinski definition) is 4. The number of aromatic amines is 1. The number of nitrogens with zero attached hydrogens (tertiary/aromatic N) is 1. The minimum atomic E-state index is -0.384. The van der Waals surface area contributed by atoms with Crippen LogP contribution in [0.5, 0.6) is 0 Å². The third-order valence-electron chi connectivity index (χ3n) is 3.49. The number of para-hydroxylation sites is 1. The normalized spacial score (nSPS) is 11.2. The van der Waals surface area contributed by atoms with Crippen molar-refractivity contribution < 1.29 is 9.53 Å². The number of esters is 1.